The van der Waals surface area contributed by atoms with Crippen LogP contribution in [-0.2, 0) is 6.18 Å². The van der Waals surface area contributed by atoms with Gasteiger partial charge in [-0.15, -0.1) is 0 Å². The molecule has 1 aromatic carbocycles. The van der Waals surface area contributed by atoms with E-state index in [1.54, 1.807) is 4.90 Å². The zero-order chi connectivity index (χ0) is 23.7. The summed E-state index contributed by atoms with van der Waals surface area (Å²) in [6.45, 7) is 5.61. The van der Waals surface area contributed by atoms with E-state index in [0.29, 0.717) is 43.9 Å². The number of anilines is 3. The van der Waals surface area contributed by atoms with Gasteiger partial charge in [-0.1, -0.05) is 23.8 Å². The van der Waals surface area contributed by atoms with Gasteiger partial charge in [0.25, 0.3) is 0 Å². The van der Waals surface area contributed by atoms with E-state index >= 15 is 0 Å². The largest absolute Gasteiger partial charge is 0.419 e. The molecule has 4 heterocycles. The van der Waals surface area contributed by atoms with E-state index in [4.69, 9.17) is 15.0 Å². The lowest BCUT2D eigenvalue weighted by molar-refractivity contribution is -0.137. The lowest BCUT2D eigenvalue weighted by Gasteiger charge is -2.36. The molecule has 178 valence electrons. The SMILES string of the molecule is Cc1cccc(-c2nc(N3CCCC3)nc(N3CCN(c4ncccc4C(F)(F)F)CC3)n2)c1. The van der Waals surface area contributed by atoms with Crippen molar-refractivity contribution >= 4 is 17.7 Å². The third kappa shape index (κ3) is 4.62. The van der Waals surface area contributed by atoms with E-state index in [1.165, 1.54) is 12.3 Å². The Kier molecular flexibility index (Phi) is 5.97. The molecule has 0 unspecified atom stereocenters. The molecule has 0 saturated carbocycles. The number of hydrogen-bond donors (Lipinski definition) is 0. The number of alkyl halides is 3. The maximum absolute atomic E-state index is 13.5. The number of hydrogen-bond acceptors (Lipinski definition) is 7. The molecule has 3 aromatic rings. The summed E-state index contributed by atoms with van der Waals surface area (Å²) in [5.41, 5.74) is 1.33. The van der Waals surface area contributed by atoms with Gasteiger partial charge in [0.15, 0.2) is 5.82 Å². The van der Waals surface area contributed by atoms with Gasteiger partial charge < -0.3 is 14.7 Å². The normalized spacial score (nSPS) is 16.9. The summed E-state index contributed by atoms with van der Waals surface area (Å²) < 4.78 is 40.4. The Morgan fingerprint density at radius 3 is 2.06 bits per heavy atom. The van der Waals surface area contributed by atoms with Crippen molar-refractivity contribution in [3.63, 3.8) is 0 Å². The highest BCUT2D eigenvalue weighted by Gasteiger charge is 2.36. The highest BCUT2D eigenvalue weighted by molar-refractivity contribution is 5.60. The number of halogens is 3. The topological polar surface area (TPSA) is 61.3 Å². The Labute approximate surface area is 196 Å². The molecule has 0 aliphatic carbocycles. The summed E-state index contributed by atoms with van der Waals surface area (Å²) in [7, 11) is 0. The van der Waals surface area contributed by atoms with E-state index in [1.807, 2.05) is 36.1 Å². The molecule has 0 radical (unpaired) electrons. The third-order valence-electron chi connectivity index (χ3n) is 6.23. The fraction of sp³-hybridized carbons (Fsp3) is 0.417. The van der Waals surface area contributed by atoms with Gasteiger partial charge >= 0.3 is 6.18 Å². The second-order valence-corrected chi connectivity index (χ2v) is 8.67. The van der Waals surface area contributed by atoms with Crippen LogP contribution in [0.2, 0.25) is 0 Å². The number of benzene rings is 1. The zero-order valence-corrected chi connectivity index (χ0v) is 19.0. The second kappa shape index (κ2) is 9.08. The number of nitrogens with zero attached hydrogens (tertiary/aromatic N) is 7. The van der Waals surface area contributed by atoms with Gasteiger partial charge in [-0.3, -0.25) is 0 Å². The Morgan fingerprint density at radius 2 is 1.41 bits per heavy atom. The van der Waals surface area contributed by atoms with Crippen molar-refractivity contribution in [1.29, 1.82) is 0 Å². The molecule has 2 aromatic heterocycles. The minimum atomic E-state index is -4.44. The van der Waals surface area contributed by atoms with E-state index in [0.717, 1.165) is 43.1 Å². The molecule has 10 heteroatoms. The number of pyridine rings is 1. The quantitative estimate of drug-likeness (QED) is 0.568. The van der Waals surface area contributed by atoms with E-state index in [-0.39, 0.29) is 5.82 Å². The molecule has 2 fully saturated rings. The molecule has 2 aliphatic heterocycles. The van der Waals surface area contributed by atoms with Gasteiger partial charge in [0.2, 0.25) is 11.9 Å². The molecular weight excluding hydrogens is 443 g/mol. The molecule has 0 spiro atoms. The summed E-state index contributed by atoms with van der Waals surface area (Å²) in [4.78, 5) is 24.2. The number of rotatable bonds is 4. The fourth-order valence-corrected chi connectivity index (χ4v) is 4.46. The Balaban J connectivity index is 1.41. The predicted octanol–water partition coefficient (Wildman–Crippen LogP) is 4.19. The minimum absolute atomic E-state index is 0.0245. The summed E-state index contributed by atoms with van der Waals surface area (Å²) >= 11 is 0. The monoisotopic (exact) mass is 469 g/mol. The predicted molar refractivity (Wildman–Crippen MR) is 125 cm³/mol. The summed E-state index contributed by atoms with van der Waals surface area (Å²) in [6, 6.07) is 10.4. The van der Waals surface area contributed by atoms with Crippen LogP contribution in [0, 0.1) is 6.92 Å². The van der Waals surface area contributed by atoms with Crippen LogP contribution in [0.25, 0.3) is 11.4 Å². The van der Waals surface area contributed by atoms with Crippen LogP contribution in [0.4, 0.5) is 30.9 Å². The lowest BCUT2D eigenvalue weighted by atomic mass is 10.1. The first-order valence-corrected chi connectivity index (χ1v) is 11.5. The Morgan fingerprint density at radius 1 is 0.765 bits per heavy atom. The van der Waals surface area contributed by atoms with Crippen molar-refractivity contribution < 1.29 is 13.2 Å². The molecule has 34 heavy (non-hydrogen) atoms. The maximum atomic E-state index is 13.5. The summed E-state index contributed by atoms with van der Waals surface area (Å²) in [5.74, 6) is 1.81. The van der Waals surface area contributed by atoms with Crippen LogP contribution in [0.15, 0.2) is 42.6 Å². The van der Waals surface area contributed by atoms with Crippen LogP contribution in [-0.4, -0.2) is 59.2 Å². The average molecular weight is 470 g/mol. The van der Waals surface area contributed by atoms with Gasteiger partial charge in [-0.2, -0.15) is 28.1 Å². The van der Waals surface area contributed by atoms with Crippen molar-refractivity contribution in [3.8, 4) is 11.4 Å². The van der Waals surface area contributed by atoms with Gasteiger partial charge in [-0.05, 0) is 38.0 Å². The molecular formula is C24H26F3N7. The third-order valence-corrected chi connectivity index (χ3v) is 6.23. The first kappa shape index (κ1) is 22.4. The molecule has 0 atom stereocenters. The molecule has 2 saturated heterocycles. The molecule has 2 aliphatic rings. The van der Waals surface area contributed by atoms with Gasteiger partial charge in [0.05, 0.1) is 5.56 Å². The summed E-state index contributed by atoms with van der Waals surface area (Å²) in [5, 5.41) is 0. The minimum Gasteiger partial charge on any atom is -0.353 e. The summed E-state index contributed by atoms with van der Waals surface area (Å²) in [6.07, 6.45) is -0.835. The Hall–Kier alpha value is -3.43. The molecule has 5 rings (SSSR count). The lowest BCUT2D eigenvalue weighted by Crippen LogP contribution is -2.48. The van der Waals surface area contributed by atoms with E-state index < -0.39 is 11.7 Å². The van der Waals surface area contributed by atoms with E-state index in [2.05, 4.69) is 9.88 Å². The maximum Gasteiger partial charge on any atom is 0.419 e. The molecule has 0 bridgehead atoms. The number of aryl methyl sites for hydroxylation is 1. The molecule has 0 N–H and O–H groups in total. The second-order valence-electron chi connectivity index (χ2n) is 8.67. The highest BCUT2D eigenvalue weighted by Crippen LogP contribution is 2.35. The van der Waals surface area contributed by atoms with Crippen LogP contribution in [0.3, 0.4) is 0 Å². The first-order chi connectivity index (χ1) is 16.4. The average Bonchev–Trinajstić information content (AvgIpc) is 3.39. The Bertz CT molecular complexity index is 1150. The van der Waals surface area contributed by atoms with Crippen molar-refractivity contribution in [2.75, 3.05) is 54.0 Å². The van der Waals surface area contributed by atoms with Crippen molar-refractivity contribution in [1.82, 2.24) is 19.9 Å². The first-order valence-electron chi connectivity index (χ1n) is 11.5. The molecule has 7 nitrogen and oxygen atoms in total. The van der Waals surface area contributed by atoms with Crippen LogP contribution in [0.5, 0.6) is 0 Å². The van der Waals surface area contributed by atoms with Gasteiger partial charge in [0.1, 0.15) is 5.82 Å². The van der Waals surface area contributed by atoms with Crippen LogP contribution in [0.1, 0.15) is 24.0 Å². The van der Waals surface area contributed by atoms with Crippen molar-refractivity contribution in [2.45, 2.75) is 25.9 Å². The standard InChI is InChI=1S/C24H26F3N7/c1-17-6-4-7-18(16-17)20-29-22(33-10-2-3-11-33)31-23(30-20)34-14-12-32(13-15-34)21-19(24(25,26)27)8-5-9-28-21/h4-9,16H,2-3,10-15H2,1H3. The zero-order valence-electron chi connectivity index (χ0n) is 19.0. The highest BCUT2D eigenvalue weighted by atomic mass is 19.4. The van der Waals surface area contributed by atoms with Crippen molar-refractivity contribution in [3.05, 3.63) is 53.7 Å². The van der Waals surface area contributed by atoms with Gasteiger partial charge in [-0.25, -0.2) is 4.98 Å². The molecule has 0 amide bonds. The fourth-order valence-electron chi connectivity index (χ4n) is 4.46. The number of piperazine rings is 1. The number of aromatic nitrogens is 4. The van der Waals surface area contributed by atoms with Gasteiger partial charge in [0, 0.05) is 51.0 Å². The smallest absolute Gasteiger partial charge is 0.353 e. The van der Waals surface area contributed by atoms with Crippen molar-refractivity contribution in [2.24, 2.45) is 0 Å². The van der Waals surface area contributed by atoms with Crippen LogP contribution >= 0.6 is 0 Å². The van der Waals surface area contributed by atoms with Crippen LogP contribution < -0.4 is 14.7 Å². The van der Waals surface area contributed by atoms with E-state index in [9.17, 15) is 13.2 Å².